The Bertz CT molecular complexity index is 2030. The number of hydrogen-bond acceptors (Lipinski definition) is 11. The van der Waals surface area contributed by atoms with Crippen LogP contribution in [-0.4, -0.2) is 63.4 Å². The third kappa shape index (κ3) is 6.10. The Hall–Kier alpha value is -5.17. The molecule has 13 nitrogen and oxygen atoms in total. The van der Waals surface area contributed by atoms with Crippen molar-refractivity contribution >= 4 is 46.3 Å². The van der Waals surface area contributed by atoms with Crippen LogP contribution >= 0.6 is 0 Å². The van der Waals surface area contributed by atoms with Crippen LogP contribution in [0.15, 0.2) is 48.5 Å². The first-order valence-electron chi connectivity index (χ1n) is 16.3. The molecule has 2 N–H and O–H groups in total. The molecule has 0 saturated heterocycles. The molecule has 3 heterocycles. The van der Waals surface area contributed by atoms with Gasteiger partial charge in [-0.15, -0.1) is 5.10 Å². The number of pyridine rings is 1. The van der Waals surface area contributed by atoms with Crippen LogP contribution in [0.2, 0.25) is 0 Å². The van der Waals surface area contributed by atoms with Gasteiger partial charge in [0, 0.05) is 11.3 Å². The first-order valence-corrected chi connectivity index (χ1v) is 16.3. The van der Waals surface area contributed by atoms with Gasteiger partial charge in [-0.2, -0.15) is 4.68 Å². The van der Waals surface area contributed by atoms with Gasteiger partial charge in [0.15, 0.2) is 17.4 Å². The lowest BCUT2D eigenvalue weighted by Gasteiger charge is -2.24. The Kier molecular flexibility index (Phi) is 8.13. The van der Waals surface area contributed by atoms with Gasteiger partial charge in [-0.1, -0.05) is 6.07 Å². The van der Waals surface area contributed by atoms with Crippen molar-refractivity contribution in [1.29, 1.82) is 0 Å². The third-order valence-corrected chi connectivity index (χ3v) is 8.66. The summed E-state index contributed by atoms with van der Waals surface area (Å²) in [6.07, 6.45) is -1.03. The monoisotopic (exact) mass is 685 g/mol. The lowest BCUT2D eigenvalue weighted by Crippen LogP contribution is -2.41. The second-order valence-corrected chi connectivity index (χ2v) is 15.2. The van der Waals surface area contributed by atoms with Crippen LogP contribution in [0.5, 0.6) is 11.5 Å². The number of nitrogens with zero attached hydrogens (tertiary/aromatic N) is 4. The molecule has 2 atom stereocenters. The second kappa shape index (κ2) is 11.7. The van der Waals surface area contributed by atoms with Crippen molar-refractivity contribution in [2.24, 2.45) is 0 Å². The van der Waals surface area contributed by atoms with E-state index in [0.29, 0.717) is 51.6 Å². The van der Waals surface area contributed by atoms with Crippen LogP contribution in [0.3, 0.4) is 0 Å². The van der Waals surface area contributed by atoms with Crippen molar-refractivity contribution in [2.45, 2.75) is 89.9 Å². The van der Waals surface area contributed by atoms with Crippen LogP contribution in [0.4, 0.5) is 26.9 Å². The molecule has 0 bridgehead atoms. The van der Waals surface area contributed by atoms with Gasteiger partial charge in [0.05, 0.1) is 36.5 Å². The summed E-state index contributed by atoms with van der Waals surface area (Å²) in [5.41, 5.74) is -1.17. The zero-order valence-corrected chi connectivity index (χ0v) is 30.0. The zero-order chi connectivity index (χ0) is 36.6. The summed E-state index contributed by atoms with van der Waals surface area (Å²) >= 11 is 0. The summed E-state index contributed by atoms with van der Waals surface area (Å²) in [7, 11) is 3.05. The Labute approximate surface area is 290 Å². The highest BCUT2D eigenvalue weighted by atomic mass is 16.6. The maximum absolute atomic E-state index is 14.3. The van der Waals surface area contributed by atoms with Crippen molar-refractivity contribution in [3.05, 3.63) is 65.4 Å². The van der Waals surface area contributed by atoms with E-state index in [1.165, 1.54) is 11.8 Å². The normalized spacial score (nSPS) is 18.7. The summed E-state index contributed by atoms with van der Waals surface area (Å²) in [4.78, 5) is 46.9. The highest BCUT2D eigenvalue weighted by Gasteiger charge is 2.68. The Morgan fingerprint density at radius 3 is 2.18 bits per heavy atom. The Morgan fingerprint density at radius 1 is 0.880 bits per heavy atom. The quantitative estimate of drug-likeness (QED) is 0.218. The van der Waals surface area contributed by atoms with E-state index >= 15 is 0 Å². The fraction of sp³-hybridized carbons (Fsp3) is 0.432. The van der Waals surface area contributed by atoms with Gasteiger partial charge in [0.25, 0.3) is 0 Å². The van der Waals surface area contributed by atoms with Crippen LogP contribution in [-0.2, 0) is 25.3 Å². The molecule has 0 radical (unpaired) electrons. The summed E-state index contributed by atoms with van der Waals surface area (Å²) in [6.45, 7) is 13.8. The predicted molar refractivity (Wildman–Crippen MR) is 186 cm³/mol. The summed E-state index contributed by atoms with van der Waals surface area (Å²) < 4.78 is 23.6. The molecule has 6 rings (SSSR count). The van der Waals surface area contributed by atoms with E-state index in [1.807, 2.05) is 18.2 Å². The van der Waals surface area contributed by atoms with Crippen molar-refractivity contribution in [2.75, 3.05) is 24.4 Å². The average molecular weight is 686 g/mol. The average Bonchev–Trinajstić information content (AvgIpc) is 3.60. The lowest BCUT2D eigenvalue weighted by atomic mass is 9.91. The molecule has 1 aliphatic heterocycles. The number of benzene rings is 2. The molecule has 2 aromatic carbocycles. The number of carbonyl (C=O) groups excluding carboxylic acids is 3. The first-order chi connectivity index (χ1) is 23.3. The van der Waals surface area contributed by atoms with Gasteiger partial charge in [-0.05, 0) is 115 Å². The van der Waals surface area contributed by atoms with E-state index in [9.17, 15) is 19.5 Å². The van der Waals surface area contributed by atoms with Gasteiger partial charge >= 0.3 is 12.2 Å². The number of rotatable bonds is 6. The Morgan fingerprint density at radius 2 is 1.56 bits per heavy atom. The van der Waals surface area contributed by atoms with Crippen molar-refractivity contribution in [1.82, 2.24) is 14.8 Å². The molecular weight excluding hydrogens is 642 g/mol. The number of anilines is 3. The number of hydrogen-bond donors (Lipinski definition) is 2. The van der Waals surface area contributed by atoms with Gasteiger partial charge in [0.2, 0.25) is 5.91 Å². The fourth-order valence-electron chi connectivity index (χ4n) is 6.35. The van der Waals surface area contributed by atoms with E-state index in [-0.39, 0.29) is 17.6 Å². The number of aliphatic hydroxyl groups is 1. The largest absolute Gasteiger partial charge is 0.497 e. The summed E-state index contributed by atoms with van der Waals surface area (Å²) in [5.74, 6) is 0.828. The van der Waals surface area contributed by atoms with E-state index in [2.05, 4.69) is 15.4 Å². The molecule has 1 saturated carbocycles. The molecule has 4 aromatic rings. The summed E-state index contributed by atoms with van der Waals surface area (Å²) in [6, 6.07) is 14.1. The fourth-order valence-corrected chi connectivity index (χ4v) is 6.35. The molecule has 264 valence electrons. The molecule has 1 aliphatic carbocycles. The van der Waals surface area contributed by atoms with Crippen LogP contribution < -0.4 is 19.7 Å². The molecule has 1 spiro atoms. The number of carbonyl (C=O) groups is 3. The van der Waals surface area contributed by atoms with Gasteiger partial charge in [-0.3, -0.25) is 4.79 Å². The topological polar surface area (TPSA) is 154 Å². The number of nitrogens with one attached hydrogen (secondary N) is 1. The van der Waals surface area contributed by atoms with Crippen LogP contribution in [0.25, 0.3) is 10.9 Å². The molecular formula is C37H43N5O8. The highest BCUT2D eigenvalue weighted by molar-refractivity contribution is 6.23. The van der Waals surface area contributed by atoms with Gasteiger partial charge in [-0.25, -0.2) is 19.5 Å². The highest BCUT2D eigenvalue weighted by Crippen LogP contribution is 2.67. The third-order valence-electron chi connectivity index (χ3n) is 8.66. The molecule has 13 heteroatoms. The van der Waals surface area contributed by atoms with E-state index in [1.54, 1.807) is 92.8 Å². The standard InChI is InChI=1S/C37H43N5O8/c1-34(2,3)49-32(44)41-25-14-12-21(47-9)18-23(25)37(31(41)43)19-24(37)20-11-13-22-26(17-20)42(33(45)50-35(4,5)6)40-29(22)39-30-27(48-10)15-16-28(38-30)36(7,8)46/h11-18,24,46H,19H2,1-10H3,(H,38,39,40)/t24-,37-/m0/s1. The number of aromatic nitrogens is 3. The maximum Gasteiger partial charge on any atom is 0.435 e. The molecule has 50 heavy (non-hydrogen) atoms. The van der Waals surface area contributed by atoms with Crippen molar-refractivity contribution in [3.8, 4) is 11.5 Å². The molecule has 2 aliphatic rings. The number of fused-ring (bicyclic) bond motifs is 3. The lowest BCUT2D eigenvalue weighted by molar-refractivity contribution is -0.120. The second-order valence-electron chi connectivity index (χ2n) is 15.2. The van der Waals surface area contributed by atoms with Gasteiger partial charge < -0.3 is 29.4 Å². The number of amides is 2. The smallest absolute Gasteiger partial charge is 0.435 e. The van der Waals surface area contributed by atoms with E-state index in [4.69, 9.17) is 18.9 Å². The van der Waals surface area contributed by atoms with Crippen molar-refractivity contribution in [3.63, 3.8) is 0 Å². The first kappa shape index (κ1) is 34.7. The number of ether oxygens (including phenoxy) is 4. The van der Waals surface area contributed by atoms with Gasteiger partial charge in [0.1, 0.15) is 22.6 Å². The SMILES string of the molecule is COc1ccc2c(c1)[C@]1(C[C@H]1c1ccc3c(Nc4nc(C(C)(C)O)ccc4OC)nn(C(=O)OC(C)(C)C)c3c1)C(=O)N2C(=O)OC(C)(C)C. The number of methoxy groups -OCH3 is 2. The predicted octanol–water partition coefficient (Wildman–Crippen LogP) is 6.91. The van der Waals surface area contributed by atoms with E-state index in [0.717, 1.165) is 10.5 Å². The molecule has 2 aromatic heterocycles. The minimum Gasteiger partial charge on any atom is -0.497 e. The minimum absolute atomic E-state index is 0.289. The zero-order valence-electron chi connectivity index (χ0n) is 30.0. The Balaban J connectivity index is 1.44. The number of imide groups is 1. The maximum atomic E-state index is 14.3. The van der Waals surface area contributed by atoms with Crippen LogP contribution in [0, 0.1) is 0 Å². The minimum atomic E-state index is -1.23. The van der Waals surface area contributed by atoms with Crippen LogP contribution in [0.1, 0.15) is 84.5 Å². The molecule has 0 unspecified atom stereocenters. The molecule has 2 amide bonds. The summed E-state index contributed by atoms with van der Waals surface area (Å²) in [5, 5.41) is 19.0. The molecule has 1 fully saturated rings. The van der Waals surface area contributed by atoms with E-state index < -0.39 is 34.4 Å². The van der Waals surface area contributed by atoms with Crippen molar-refractivity contribution < 1.29 is 38.4 Å².